The molecule has 2 aromatic carbocycles. The molecule has 0 saturated heterocycles. The van der Waals surface area contributed by atoms with Crippen molar-refractivity contribution in [2.75, 3.05) is 7.05 Å². The molecule has 0 radical (unpaired) electrons. The van der Waals surface area contributed by atoms with Crippen LogP contribution in [0.1, 0.15) is 21.5 Å². The van der Waals surface area contributed by atoms with Crippen molar-refractivity contribution in [3.05, 3.63) is 68.7 Å². The molecule has 2 aromatic rings. The van der Waals surface area contributed by atoms with E-state index in [4.69, 9.17) is 16.9 Å². The molecule has 5 heteroatoms. The van der Waals surface area contributed by atoms with Crippen molar-refractivity contribution in [2.24, 2.45) is 0 Å². The average Bonchev–Trinajstić information content (AvgIpc) is 2.49. The predicted molar refractivity (Wildman–Crippen MR) is 86.1 cm³/mol. The Labute approximate surface area is 136 Å². The highest BCUT2D eigenvalue weighted by Crippen LogP contribution is 2.22. The number of benzene rings is 2. The van der Waals surface area contributed by atoms with Gasteiger partial charge in [0.15, 0.2) is 0 Å². The summed E-state index contributed by atoms with van der Waals surface area (Å²) in [5.41, 5.74) is 1.93. The molecule has 0 bridgehead atoms. The summed E-state index contributed by atoms with van der Waals surface area (Å²) >= 11 is 9.41. The van der Waals surface area contributed by atoms with E-state index in [1.54, 1.807) is 48.3 Å². The minimum Gasteiger partial charge on any atom is -0.337 e. The zero-order chi connectivity index (χ0) is 15.4. The van der Waals surface area contributed by atoms with Crippen molar-refractivity contribution >= 4 is 33.4 Å². The largest absolute Gasteiger partial charge is 0.337 e. The van der Waals surface area contributed by atoms with Gasteiger partial charge in [0.25, 0.3) is 5.91 Å². The summed E-state index contributed by atoms with van der Waals surface area (Å²) < 4.78 is 0.801. The Hall–Kier alpha value is -1.83. The summed E-state index contributed by atoms with van der Waals surface area (Å²) in [5.74, 6) is -0.163. The van der Waals surface area contributed by atoms with Crippen LogP contribution < -0.4 is 0 Å². The summed E-state index contributed by atoms with van der Waals surface area (Å²) in [4.78, 5) is 14.0. The number of rotatable bonds is 3. The van der Waals surface area contributed by atoms with Gasteiger partial charge in [-0.3, -0.25) is 4.79 Å². The molecule has 0 spiro atoms. The van der Waals surface area contributed by atoms with Gasteiger partial charge < -0.3 is 4.90 Å². The number of hydrogen-bond donors (Lipinski definition) is 0. The van der Waals surface area contributed by atoms with E-state index in [9.17, 15) is 4.79 Å². The number of nitrogens with zero attached hydrogens (tertiary/aromatic N) is 2. The highest BCUT2D eigenvalue weighted by Gasteiger charge is 2.16. The lowest BCUT2D eigenvalue weighted by Gasteiger charge is -2.18. The molecule has 0 atom stereocenters. The number of nitriles is 1. The standard InChI is InChI=1S/C16H12BrClN2O/c1-20(10-12-4-2-3-11(7-12)9-19)16(21)14-8-13(17)5-6-15(14)18/h2-8H,10H2,1H3. The molecule has 0 aliphatic carbocycles. The second-order valence-corrected chi connectivity index (χ2v) is 5.92. The molecule has 0 aliphatic heterocycles. The zero-order valence-corrected chi connectivity index (χ0v) is 13.6. The van der Waals surface area contributed by atoms with Crippen molar-refractivity contribution in [3.63, 3.8) is 0 Å². The van der Waals surface area contributed by atoms with Crippen LogP contribution in [0.2, 0.25) is 5.02 Å². The topological polar surface area (TPSA) is 44.1 Å². The summed E-state index contributed by atoms with van der Waals surface area (Å²) in [5, 5.41) is 9.31. The number of carbonyl (C=O) groups excluding carboxylic acids is 1. The van der Waals surface area contributed by atoms with Crippen molar-refractivity contribution in [1.82, 2.24) is 4.90 Å². The first-order valence-electron chi connectivity index (χ1n) is 6.21. The Morgan fingerprint density at radius 3 is 2.81 bits per heavy atom. The van der Waals surface area contributed by atoms with Crippen molar-refractivity contribution in [2.45, 2.75) is 6.54 Å². The molecule has 2 rings (SSSR count). The van der Waals surface area contributed by atoms with Crippen LogP contribution in [0.4, 0.5) is 0 Å². The van der Waals surface area contributed by atoms with Gasteiger partial charge in [0.2, 0.25) is 0 Å². The third-order valence-corrected chi connectivity index (χ3v) is 3.80. The quantitative estimate of drug-likeness (QED) is 0.818. The molecule has 1 amide bonds. The Bertz CT molecular complexity index is 724. The van der Waals surface area contributed by atoms with E-state index in [1.807, 2.05) is 6.07 Å². The number of hydrogen-bond acceptors (Lipinski definition) is 2. The third-order valence-electron chi connectivity index (χ3n) is 2.98. The van der Waals surface area contributed by atoms with E-state index in [1.165, 1.54) is 0 Å². The monoisotopic (exact) mass is 362 g/mol. The number of amides is 1. The second-order valence-electron chi connectivity index (χ2n) is 4.60. The molecule has 0 heterocycles. The first-order valence-corrected chi connectivity index (χ1v) is 7.38. The highest BCUT2D eigenvalue weighted by molar-refractivity contribution is 9.10. The Morgan fingerprint density at radius 2 is 2.10 bits per heavy atom. The maximum Gasteiger partial charge on any atom is 0.255 e. The van der Waals surface area contributed by atoms with Crippen LogP contribution in [0.5, 0.6) is 0 Å². The fraction of sp³-hybridized carbons (Fsp3) is 0.125. The molecular formula is C16H12BrClN2O. The zero-order valence-electron chi connectivity index (χ0n) is 11.3. The van der Waals surface area contributed by atoms with Crippen LogP contribution in [0.3, 0.4) is 0 Å². The molecule has 0 fully saturated rings. The van der Waals surface area contributed by atoms with Crippen molar-refractivity contribution in [3.8, 4) is 6.07 Å². The van der Waals surface area contributed by atoms with Gasteiger partial charge in [0.05, 0.1) is 22.2 Å². The third kappa shape index (κ3) is 3.84. The first kappa shape index (κ1) is 15.6. The van der Waals surface area contributed by atoms with E-state index < -0.39 is 0 Å². The smallest absolute Gasteiger partial charge is 0.255 e. The van der Waals surface area contributed by atoms with E-state index >= 15 is 0 Å². The lowest BCUT2D eigenvalue weighted by Crippen LogP contribution is -2.26. The minimum absolute atomic E-state index is 0.163. The number of halogens is 2. The molecule has 0 saturated carbocycles. The molecule has 21 heavy (non-hydrogen) atoms. The lowest BCUT2D eigenvalue weighted by molar-refractivity contribution is 0.0785. The molecule has 0 aliphatic rings. The summed E-state index contributed by atoms with van der Waals surface area (Å²) in [6.45, 7) is 0.414. The van der Waals surface area contributed by atoms with Crippen molar-refractivity contribution in [1.29, 1.82) is 5.26 Å². The average molecular weight is 364 g/mol. The van der Waals surface area contributed by atoms with Gasteiger partial charge >= 0.3 is 0 Å². The van der Waals surface area contributed by atoms with Crippen molar-refractivity contribution < 1.29 is 4.79 Å². The highest BCUT2D eigenvalue weighted by atomic mass is 79.9. The molecule has 0 unspecified atom stereocenters. The Morgan fingerprint density at radius 1 is 1.33 bits per heavy atom. The van der Waals surface area contributed by atoms with Crippen LogP contribution in [0, 0.1) is 11.3 Å². The fourth-order valence-corrected chi connectivity index (χ4v) is 2.51. The van der Waals surface area contributed by atoms with Crippen LogP contribution >= 0.6 is 27.5 Å². The second kappa shape index (κ2) is 6.75. The Balaban J connectivity index is 2.19. The number of carbonyl (C=O) groups is 1. The maximum atomic E-state index is 12.4. The van der Waals surface area contributed by atoms with Gasteiger partial charge in [-0.05, 0) is 35.9 Å². The van der Waals surface area contributed by atoms with Crippen LogP contribution in [0.25, 0.3) is 0 Å². The van der Waals surface area contributed by atoms with Crippen LogP contribution in [0.15, 0.2) is 46.9 Å². The van der Waals surface area contributed by atoms with Crippen LogP contribution in [-0.2, 0) is 6.54 Å². The molecule has 0 N–H and O–H groups in total. The van der Waals surface area contributed by atoms with Gasteiger partial charge in [-0.2, -0.15) is 5.26 Å². The SMILES string of the molecule is CN(Cc1cccc(C#N)c1)C(=O)c1cc(Br)ccc1Cl. The molecular weight excluding hydrogens is 352 g/mol. The minimum atomic E-state index is -0.163. The lowest BCUT2D eigenvalue weighted by atomic mass is 10.1. The Kier molecular flexibility index (Phi) is 5.00. The van der Waals surface area contributed by atoms with Gasteiger partial charge in [-0.15, -0.1) is 0 Å². The summed E-state index contributed by atoms with van der Waals surface area (Å²) in [7, 11) is 1.71. The van der Waals surface area contributed by atoms with E-state index in [0.717, 1.165) is 10.0 Å². The summed E-state index contributed by atoms with van der Waals surface area (Å²) in [6, 6.07) is 14.4. The molecule has 0 aromatic heterocycles. The first-order chi connectivity index (χ1) is 10.0. The van der Waals surface area contributed by atoms with Gasteiger partial charge in [0, 0.05) is 18.1 Å². The van der Waals surface area contributed by atoms with Gasteiger partial charge in [-0.25, -0.2) is 0 Å². The van der Waals surface area contributed by atoms with Gasteiger partial charge in [-0.1, -0.05) is 39.7 Å². The maximum absolute atomic E-state index is 12.4. The molecule has 106 valence electrons. The predicted octanol–water partition coefficient (Wildman–Crippen LogP) is 4.25. The summed E-state index contributed by atoms with van der Waals surface area (Å²) in [6.07, 6.45) is 0. The van der Waals surface area contributed by atoms with E-state index in [2.05, 4.69) is 22.0 Å². The fourth-order valence-electron chi connectivity index (χ4n) is 1.95. The van der Waals surface area contributed by atoms with E-state index in [0.29, 0.717) is 22.7 Å². The van der Waals surface area contributed by atoms with E-state index in [-0.39, 0.29) is 5.91 Å². The van der Waals surface area contributed by atoms with Gasteiger partial charge in [0.1, 0.15) is 0 Å². The van der Waals surface area contributed by atoms with Crippen LogP contribution in [-0.4, -0.2) is 17.9 Å². The normalized spacial score (nSPS) is 10.0. The molecule has 3 nitrogen and oxygen atoms in total.